The number of unbranched alkanes of at least 4 members (excludes halogenated alkanes) is 8. The zero-order valence-electron chi connectivity index (χ0n) is 14.8. The molecule has 0 aromatic heterocycles. The molecule has 0 saturated carbocycles. The van der Waals surface area contributed by atoms with Crippen molar-refractivity contribution in [1.82, 2.24) is 4.67 Å². The Morgan fingerprint density at radius 2 is 1.24 bits per heavy atom. The Bertz CT molecular complexity index is 233. The zero-order chi connectivity index (χ0) is 15.9. The number of nitrogens with zero attached hydrogens (tertiary/aromatic N) is 1. The van der Waals surface area contributed by atoms with Crippen molar-refractivity contribution < 1.29 is 9.09 Å². The molecule has 0 aliphatic rings. The summed E-state index contributed by atoms with van der Waals surface area (Å²) in [5, 5.41) is 0. The molecule has 0 aromatic carbocycles. The molecule has 0 saturated heterocycles. The van der Waals surface area contributed by atoms with Crippen LogP contribution in [0.4, 0.5) is 0 Å². The first-order chi connectivity index (χ1) is 10.1. The Morgan fingerprint density at radius 1 is 0.810 bits per heavy atom. The minimum Gasteiger partial charge on any atom is -0.316 e. The number of rotatable bonds is 15. The summed E-state index contributed by atoms with van der Waals surface area (Å²) in [5.41, 5.74) is 0. The molecular weight excluding hydrogens is 281 g/mol. The third kappa shape index (κ3) is 13.5. The van der Waals surface area contributed by atoms with Crippen LogP contribution in [0.3, 0.4) is 0 Å². The molecule has 0 N–H and O–H groups in total. The van der Waals surface area contributed by atoms with Crippen LogP contribution < -0.4 is 0 Å². The van der Waals surface area contributed by atoms with Crippen molar-refractivity contribution in [3.8, 4) is 0 Å². The highest BCUT2D eigenvalue weighted by molar-refractivity contribution is 7.36. The van der Waals surface area contributed by atoms with E-state index in [2.05, 4.69) is 13.8 Å². The first-order valence-electron chi connectivity index (χ1n) is 8.99. The van der Waals surface area contributed by atoms with Crippen molar-refractivity contribution >= 4 is 8.18 Å². The lowest BCUT2D eigenvalue weighted by Crippen LogP contribution is -2.13. The van der Waals surface area contributed by atoms with Crippen LogP contribution in [0.15, 0.2) is 0 Å². The van der Waals surface area contributed by atoms with Gasteiger partial charge in [-0.15, -0.1) is 0 Å². The summed E-state index contributed by atoms with van der Waals surface area (Å²) in [5.74, 6) is 0. The van der Waals surface area contributed by atoms with E-state index in [0.29, 0.717) is 0 Å². The highest BCUT2D eigenvalue weighted by atomic mass is 31.1. The predicted octanol–water partition coefficient (Wildman–Crippen LogP) is 6.04. The van der Waals surface area contributed by atoms with Crippen LogP contribution in [-0.4, -0.2) is 24.9 Å². The standard InChI is InChI=1S/C17H38NO2P/c1-5-7-9-11-13-15-17(20-21(19)18(3)4)16-14-12-10-8-6-2/h17,21H,5-16H2,1-4H3. The highest BCUT2D eigenvalue weighted by Crippen LogP contribution is 2.30. The van der Waals surface area contributed by atoms with Gasteiger partial charge in [-0.25, -0.2) is 4.67 Å². The summed E-state index contributed by atoms with van der Waals surface area (Å²) >= 11 is 0. The summed E-state index contributed by atoms with van der Waals surface area (Å²) in [7, 11) is 1.65. The van der Waals surface area contributed by atoms with Crippen LogP contribution in [0.5, 0.6) is 0 Å². The third-order valence-electron chi connectivity index (χ3n) is 3.89. The van der Waals surface area contributed by atoms with Crippen molar-refractivity contribution in [2.75, 3.05) is 14.1 Å². The van der Waals surface area contributed by atoms with Crippen molar-refractivity contribution in [2.45, 2.75) is 97.0 Å². The fraction of sp³-hybridized carbons (Fsp3) is 1.00. The molecule has 0 radical (unpaired) electrons. The van der Waals surface area contributed by atoms with Gasteiger partial charge in [0.1, 0.15) is 0 Å². The quantitative estimate of drug-likeness (QED) is 0.272. The van der Waals surface area contributed by atoms with Crippen LogP contribution in [0.1, 0.15) is 90.9 Å². The SMILES string of the molecule is CCCCCCCC(CCCCCCC)O[PH](=O)N(C)C. The third-order valence-corrected chi connectivity index (χ3v) is 5.16. The first-order valence-corrected chi connectivity index (χ1v) is 10.3. The van der Waals surface area contributed by atoms with Gasteiger partial charge in [0.05, 0.1) is 6.10 Å². The van der Waals surface area contributed by atoms with Crippen LogP contribution >= 0.6 is 8.18 Å². The van der Waals surface area contributed by atoms with Gasteiger partial charge in [-0.2, -0.15) is 0 Å². The van der Waals surface area contributed by atoms with Crippen LogP contribution in [0.25, 0.3) is 0 Å². The Labute approximate surface area is 133 Å². The van der Waals surface area contributed by atoms with E-state index in [-0.39, 0.29) is 6.10 Å². The topological polar surface area (TPSA) is 29.5 Å². The molecule has 0 aliphatic heterocycles. The maximum Gasteiger partial charge on any atom is 0.260 e. The molecule has 0 fully saturated rings. The lowest BCUT2D eigenvalue weighted by atomic mass is 10.0. The van der Waals surface area contributed by atoms with Gasteiger partial charge in [-0.3, -0.25) is 4.57 Å². The fourth-order valence-electron chi connectivity index (χ4n) is 2.46. The molecule has 21 heavy (non-hydrogen) atoms. The normalized spacial score (nSPS) is 13.2. The summed E-state index contributed by atoms with van der Waals surface area (Å²) in [6.45, 7) is 4.48. The largest absolute Gasteiger partial charge is 0.316 e. The maximum absolute atomic E-state index is 11.9. The second-order valence-corrected chi connectivity index (χ2v) is 7.97. The molecule has 0 aliphatic carbocycles. The Kier molecular flexibility index (Phi) is 15.2. The predicted molar refractivity (Wildman–Crippen MR) is 94.3 cm³/mol. The second kappa shape index (κ2) is 15.1. The average Bonchev–Trinajstić information content (AvgIpc) is 2.46. The van der Waals surface area contributed by atoms with Gasteiger partial charge < -0.3 is 4.52 Å². The minimum atomic E-state index is -2.02. The van der Waals surface area contributed by atoms with Gasteiger partial charge >= 0.3 is 0 Å². The van der Waals surface area contributed by atoms with E-state index in [1.807, 2.05) is 14.1 Å². The Hall–Kier alpha value is 0.150. The van der Waals surface area contributed by atoms with Crippen molar-refractivity contribution in [2.24, 2.45) is 0 Å². The lowest BCUT2D eigenvalue weighted by Gasteiger charge is -2.20. The van der Waals surface area contributed by atoms with E-state index in [1.54, 1.807) is 4.67 Å². The second-order valence-electron chi connectivity index (χ2n) is 6.31. The minimum absolute atomic E-state index is 0.196. The molecule has 4 heteroatoms. The number of hydrogen-bond donors (Lipinski definition) is 0. The highest BCUT2D eigenvalue weighted by Gasteiger charge is 2.13. The lowest BCUT2D eigenvalue weighted by molar-refractivity contribution is 0.172. The molecular formula is C17H38NO2P. The molecule has 0 heterocycles. The molecule has 0 aromatic rings. The summed E-state index contributed by atoms with van der Waals surface area (Å²) < 4.78 is 19.4. The van der Waals surface area contributed by atoms with Gasteiger partial charge in [0.2, 0.25) is 0 Å². The van der Waals surface area contributed by atoms with Gasteiger partial charge in [0.15, 0.2) is 0 Å². The molecule has 0 rings (SSSR count). The van der Waals surface area contributed by atoms with Crippen molar-refractivity contribution in [3.05, 3.63) is 0 Å². The summed E-state index contributed by atoms with van der Waals surface area (Å²) in [4.78, 5) is 0. The summed E-state index contributed by atoms with van der Waals surface area (Å²) in [6.07, 6.45) is 15.2. The Balaban J connectivity index is 3.94. The maximum atomic E-state index is 11.9. The summed E-state index contributed by atoms with van der Waals surface area (Å²) in [6, 6.07) is 0. The van der Waals surface area contributed by atoms with Gasteiger partial charge in [-0.05, 0) is 26.9 Å². The zero-order valence-corrected chi connectivity index (χ0v) is 15.8. The molecule has 1 atom stereocenters. The van der Waals surface area contributed by atoms with Crippen LogP contribution in [-0.2, 0) is 9.09 Å². The first kappa shape index (κ1) is 21.1. The molecule has 0 amide bonds. The smallest absolute Gasteiger partial charge is 0.260 e. The molecule has 1 unspecified atom stereocenters. The Morgan fingerprint density at radius 3 is 1.62 bits per heavy atom. The molecule has 0 bridgehead atoms. The average molecular weight is 319 g/mol. The van der Waals surface area contributed by atoms with Crippen LogP contribution in [0.2, 0.25) is 0 Å². The van der Waals surface area contributed by atoms with Gasteiger partial charge in [0.25, 0.3) is 8.18 Å². The van der Waals surface area contributed by atoms with E-state index in [0.717, 1.165) is 12.8 Å². The molecule has 3 nitrogen and oxygen atoms in total. The van der Waals surface area contributed by atoms with Crippen molar-refractivity contribution in [1.29, 1.82) is 0 Å². The van der Waals surface area contributed by atoms with E-state index in [4.69, 9.17) is 4.52 Å². The number of hydrogen-bond acceptors (Lipinski definition) is 2. The van der Waals surface area contributed by atoms with Gasteiger partial charge in [0, 0.05) is 0 Å². The van der Waals surface area contributed by atoms with E-state index < -0.39 is 8.18 Å². The monoisotopic (exact) mass is 319 g/mol. The van der Waals surface area contributed by atoms with Crippen molar-refractivity contribution in [3.63, 3.8) is 0 Å². The van der Waals surface area contributed by atoms with E-state index in [1.165, 1.54) is 64.2 Å². The molecule has 128 valence electrons. The van der Waals surface area contributed by atoms with E-state index >= 15 is 0 Å². The van der Waals surface area contributed by atoms with Gasteiger partial charge in [-0.1, -0.05) is 78.1 Å². The molecule has 0 spiro atoms. The van der Waals surface area contributed by atoms with Crippen LogP contribution in [0, 0.1) is 0 Å². The fourth-order valence-corrected chi connectivity index (χ4v) is 3.19. The van der Waals surface area contributed by atoms with E-state index in [9.17, 15) is 4.57 Å².